The van der Waals surface area contributed by atoms with E-state index in [1.165, 1.54) is 6.07 Å². The summed E-state index contributed by atoms with van der Waals surface area (Å²) >= 11 is 0. The number of aromatic nitrogens is 1. The van der Waals surface area contributed by atoms with Gasteiger partial charge in [0.05, 0.1) is 11.6 Å². The third kappa shape index (κ3) is 6.94. The van der Waals surface area contributed by atoms with E-state index in [0.717, 1.165) is 31.6 Å². The first-order valence-corrected chi connectivity index (χ1v) is 10.1. The van der Waals surface area contributed by atoms with Crippen LogP contribution in [0.25, 0.3) is 0 Å². The highest BCUT2D eigenvalue weighted by atomic mass is 19.1. The predicted octanol–water partition coefficient (Wildman–Crippen LogP) is 5.53. The van der Waals surface area contributed by atoms with Crippen LogP contribution in [0.4, 0.5) is 4.39 Å². The zero-order chi connectivity index (χ0) is 20.9. The van der Waals surface area contributed by atoms with Crippen LogP contribution in [0.5, 0.6) is 5.88 Å². The molecule has 2 aromatic rings. The van der Waals surface area contributed by atoms with Crippen molar-refractivity contribution in [2.75, 3.05) is 20.1 Å². The highest BCUT2D eigenvalue weighted by molar-refractivity contribution is 5.32. The first-order chi connectivity index (χ1) is 13.7. The van der Waals surface area contributed by atoms with E-state index in [2.05, 4.69) is 16.9 Å². The molecule has 0 N–H and O–H groups in total. The van der Waals surface area contributed by atoms with Gasteiger partial charge in [-0.1, -0.05) is 39.8 Å². The molecule has 1 aliphatic heterocycles. The van der Waals surface area contributed by atoms with Gasteiger partial charge in [-0.3, -0.25) is 0 Å². The lowest BCUT2D eigenvalue weighted by molar-refractivity contribution is 0.250. The van der Waals surface area contributed by atoms with Crippen LogP contribution < -0.4 is 4.74 Å². The number of hydrogen-bond donors (Lipinski definition) is 0. The number of pyridine rings is 1. The topological polar surface area (TPSA) is 49.1 Å². The highest BCUT2D eigenvalue weighted by Gasteiger charge is 2.19. The zero-order valence-corrected chi connectivity index (χ0v) is 17.7. The zero-order valence-electron chi connectivity index (χ0n) is 17.7. The predicted molar refractivity (Wildman–Crippen MR) is 112 cm³/mol. The second kappa shape index (κ2) is 12.9. The van der Waals surface area contributed by atoms with Gasteiger partial charge in [0, 0.05) is 23.2 Å². The van der Waals surface area contributed by atoms with E-state index in [9.17, 15) is 4.39 Å². The molecule has 0 bridgehead atoms. The number of ether oxygens (including phenoxy) is 1. The van der Waals surface area contributed by atoms with Crippen LogP contribution in [0.2, 0.25) is 0 Å². The molecule has 1 aliphatic rings. The maximum Gasteiger partial charge on any atom is 0.213 e. The molecule has 0 saturated carbocycles. The van der Waals surface area contributed by atoms with Gasteiger partial charge in [0.25, 0.3) is 0 Å². The molecule has 0 atom stereocenters. The fourth-order valence-electron chi connectivity index (χ4n) is 2.93. The number of halogens is 1. The Morgan fingerprint density at radius 3 is 2.43 bits per heavy atom. The summed E-state index contributed by atoms with van der Waals surface area (Å²) in [4.78, 5) is 6.91. The molecule has 0 unspecified atom stereocenters. The molecule has 0 amide bonds. The van der Waals surface area contributed by atoms with Gasteiger partial charge in [0.2, 0.25) is 5.88 Å². The summed E-state index contributed by atoms with van der Waals surface area (Å²) < 4.78 is 19.5. The molecule has 3 rings (SSSR count). The van der Waals surface area contributed by atoms with Crippen LogP contribution in [0.3, 0.4) is 0 Å². The van der Waals surface area contributed by atoms with E-state index in [-0.39, 0.29) is 6.61 Å². The maximum atomic E-state index is 13.9. The van der Waals surface area contributed by atoms with Crippen LogP contribution in [0, 0.1) is 17.1 Å². The molecule has 1 aromatic heterocycles. The number of nitriles is 1. The number of hydrogen-bond acceptors (Lipinski definition) is 4. The van der Waals surface area contributed by atoms with Crippen molar-refractivity contribution in [2.45, 2.75) is 53.1 Å². The summed E-state index contributed by atoms with van der Waals surface area (Å²) in [5, 5.41) is 8.77. The second-order valence-corrected chi connectivity index (χ2v) is 6.18. The Balaban J connectivity index is 0.000000921. The lowest BCUT2D eigenvalue weighted by Crippen LogP contribution is -2.29. The minimum Gasteiger partial charge on any atom is -0.473 e. The van der Waals surface area contributed by atoms with Crippen molar-refractivity contribution in [3.8, 4) is 11.9 Å². The van der Waals surface area contributed by atoms with E-state index in [1.807, 2.05) is 45.9 Å². The molecule has 152 valence electrons. The van der Waals surface area contributed by atoms with Crippen LogP contribution >= 0.6 is 0 Å². The summed E-state index contributed by atoms with van der Waals surface area (Å²) in [5.41, 5.74) is 1.76. The van der Waals surface area contributed by atoms with Gasteiger partial charge in [-0.15, -0.1) is 0 Å². The number of benzene rings is 1. The number of nitrogens with zero attached hydrogens (tertiary/aromatic N) is 3. The number of piperidine rings is 1. The molecule has 5 heteroatoms. The van der Waals surface area contributed by atoms with Crippen LogP contribution in [-0.2, 0) is 6.61 Å². The van der Waals surface area contributed by atoms with Crippen molar-refractivity contribution in [3.63, 3.8) is 0 Å². The van der Waals surface area contributed by atoms with E-state index < -0.39 is 5.82 Å². The van der Waals surface area contributed by atoms with Crippen molar-refractivity contribution < 1.29 is 9.13 Å². The van der Waals surface area contributed by atoms with Gasteiger partial charge in [-0.25, -0.2) is 9.37 Å². The van der Waals surface area contributed by atoms with Gasteiger partial charge >= 0.3 is 0 Å². The fourth-order valence-corrected chi connectivity index (χ4v) is 2.93. The van der Waals surface area contributed by atoms with Gasteiger partial charge in [0.15, 0.2) is 0 Å². The maximum absolute atomic E-state index is 13.9. The van der Waals surface area contributed by atoms with Crippen molar-refractivity contribution in [2.24, 2.45) is 0 Å². The Labute approximate surface area is 169 Å². The summed E-state index contributed by atoms with van der Waals surface area (Å²) in [6.07, 6.45) is 2.19. The van der Waals surface area contributed by atoms with Gasteiger partial charge in [-0.05, 0) is 51.2 Å². The largest absolute Gasteiger partial charge is 0.473 e. The molecule has 28 heavy (non-hydrogen) atoms. The van der Waals surface area contributed by atoms with Crippen LogP contribution in [0.15, 0.2) is 36.4 Å². The minimum atomic E-state index is -0.430. The Morgan fingerprint density at radius 2 is 1.82 bits per heavy atom. The average Bonchev–Trinajstić information content (AvgIpc) is 2.76. The molecule has 1 fully saturated rings. The first-order valence-electron chi connectivity index (χ1n) is 10.1. The fraction of sp³-hybridized carbons (Fsp3) is 0.478. The van der Waals surface area contributed by atoms with E-state index in [1.54, 1.807) is 18.2 Å². The molecule has 0 aliphatic carbocycles. The molecule has 2 heterocycles. The van der Waals surface area contributed by atoms with Gasteiger partial charge in [0.1, 0.15) is 12.4 Å². The Morgan fingerprint density at radius 1 is 1.14 bits per heavy atom. The summed E-state index contributed by atoms with van der Waals surface area (Å²) in [6.45, 7) is 10.3. The van der Waals surface area contributed by atoms with Gasteiger partial charge in [-0.2, -0.15) is 5.26 Å². The van der Waals surface area contributed by atoms with E-state index in [4.69, 9.17) is 10.00 Å². The normalized spacial score (nSPS) is 14.0. The van der Waals surface area contributed by atoms with Crippen molar-refractivity contribution in [1.29, 1.82) is 5.26 Å². The number of likely N-dealkylation sites (tertiary alicyclic amines) is 1. The lowest BCUT2D eigenvalue weighted by Gasteiger charge is -2.28. The smallest absolute Gasteiger partial charge is 0.213 e. The Kier molecular flexibility index (Phi) is 10.8. The third-order valence-corrected chi connectivity index (χ3v) is 4.44. The molecular formula is C23H32FN3O. The van der Waals surface area contributed by atoms with Crippen molar-refractivity contribution >= 4 is 0 Å². The van der Waals surface area contributed by atoms with E-state index >= 15 is 0 Å². The molecule has 1 saturated heterocycles. The van der Waals surface area contributed by atoms with Crippen LogP contribution in [-0.4, -0.2) is 30.0 Å². The first kappa shape index (κ1) is 23.6. The second-order valence-electron chi connectivity index (χ2n) is 6.18. The molecule has 4 nitrogen and oxygen atoms in total. The monoisotopic (exact) mass is 385 g/mol. The molecule has 0 radical (unpaired) electrons. The molecular weight excluding hydrogens is 353 g/mol. The van der Waals surface area contributed by atoms with Crippen molar-refractivity contribution in [1.82, 2.24) is 9.88 Å². The standard InChI is InChI=1S/C19H20FN3O.2C2H6/c1-23-9-7-15(8-10-23)18-3-2-4-19(22-18)24-13-16-6-5-14(12-21)11-17(16)20;2*1-2/h2-6,11,15H,7-10,13H2,1H3;2*1-2H3. The van der Waals surface area contributed by atoms with Gasteiger partial charge < -0.3 is 9.64 Å². The van der Waals surface area contributed by atoms with E-state index in [0.29, 0.717) is 22.9 Å². The summed E-state index contributed by atoms with van der Waals surface area (Å²) in [7, 11) is 2.13. The Bertz CT molecular complexity index is 750. The summed E-state index contributed by atoms with van der Waals surface area (Å²) in [5.74, 6) is 0.534. The lowest BCUT2D eigenvalue weighted by atomic mass is 9.93. The SMILES string of the molecule is CC.CC.CN1CCC(c2cccc(OCc3ccc(C#N)cc3F)n2)CC1. The average molecular weight is 386 g/mol. The summed E-state index contributed by atoms with van der Waals surface area (Å²) in [6, 6.07) is 12.1. The van der Waals surface area contributed by atoms with Crippen molar-refractivity contribution in [3.05, 3.63) is 59.0 Å². The third-order valence-electron chi connectivity index (χ3n) is 4.44. The van der Waals surface area contributed by atoms with Crippen LogP contribution in [0.1, 0.15) is 63.3 Å². The quantitative estimate of drug-likeness (QED) is 0.694. The number of rotatable bonds is 4. The molecule has 1 aromatic carbocycles. The minimum absolute atomic E-state index is 0.0986. The Hall–Kier alpha value is -2.45. The highest BCUT2D eigenvalue weighted by Crippen LogP contribution is 2.27. The molecule has 0 spiro atoms.